The fourth-order valence-electron chi connectivity index (χ4n) is 6.35. The lowest BCUT2D eigenvalue weighted by Gasteiger charge is -2.12. The van der Waals surface area contributed by atoms with Gasteiger partial charge in [0, 0.05) is 0 Å². The van der Waals surface area contributed by atoms with Crippen LogP contribution in [0.4, 0.5) is 0 Å². The van der Waals surface area contributed by atoms with E-state index in [0.717, 1.165) is 25.7 Å². The van der Waals surface area contributed by atoms with Gasteiger partial charge >= 0.3 is 11.9 Å². The fourth-order valence-corrected chi connectivity index (χ4v) is 6.35. The summed E-state index contributed by atoms with van der Waals surface area (Å²) in [6.07, 6.45) is 37.2. The highest BCUT2D eigenvalue weighted by Gasteiger charge is 2.30. The molecule has 0 unspecified atom stereocenters. The number of unbranched alkanes of at least 4 members (excludes halogenated alkanes) is 24. The van der Waals surface area contributed by atoms with Crippen molar-refractivity contribution in [2.24, 2.45) is 0 Å². The van der Waals surface area contributed by atoms with E-state index < -0.39 is 11.9 Å². The molecule has 3 nitrogen and oxygen atoms in total. The summed E-state index contributed by atoms with van der Waals surface area (Å²) >= 11 is 0. The Bertz CT molecular complexity index is 760. The van der Waals surface area contributed by atoms with Crippen LogP contribution in [0.1, 0.15) is 213 Å². The van der Waals surface area contributed by atoms with Crippen molar-refractivity contribution in [3.8, 4) is 0 Å². The summed E-state index contributed by atoms with van der Waals surface area (Å²) in [6, 6.07) is 3.95. The monoisotopic (exact) mass is 568 g/mol. The van der Waals surface area contributed by atoms with Crippen LogP contribution in [0.15, 0.2) is 12.1 Å². The molecule has 3 heteroatoms. The molecule has 2 rings (SSSR count). The Balaban J connectivity index is 1.61. The van der Waals surface area contributed by atoms with Gasteiger partial charge in [-0.25, -0.2) is 9.59 Å². The number of carbonyl (C=O) groups is 2. The number of fused-ring (bicyclic) bond motifs is 1. The van der Waals surface area contributed by atoms with Crippen molar-refractivity contribution in [2.45, 2.75) is 194 Å². The average molecular weight is 569 g/mol. The number of rotatable bonds is 28. The van der Waals surface area contributed by atoms with Crippen molar-refractivity contribution in [1.29, 1.82) is 0 Å². The number of aryl methyl sites for hydroxylation is 2. The molecule has 1 aromatic carbocycles. The van der Waals surface area contributed by atoms with Gasteiger partial charge in [0.25, 0.3) is 0 Å². The van der Waals surface area contributed by atoms with Crippen LogP contribution < -0.4 is 0 Å². The summed E-state index contributed by atoms with van der Waals surface area (Å²) in [5.41, 5.74) is 3.48. The lowest BCUT2D eigenvalue weighted by Crippen LogP contribution is -2.02. The molecule has 234 valence electrons. The van der Waals surface area contributed by atoms with E-state index in [1.165, 1.54) is 165 Å². The van der Waals surface area contributed by atoms with E-state index in [4.69, 9.17) is 4.74 Å². The molecule has 41 heavy (non-hydrogen) atoms. The third-order valence-electron chi connectivity index (χ3n) is 9.06. The lowest BCUT2D eigenvalue weighted by atomic mass is 9.92. The largest absolute Gasteiger partial charge is 0.386 e. The van der Waals surface area contributed by atoms with Gasteiger partial charge in [0.05, 0.1) is 11.1 Å². The second kappa shape index (κ2) is 23.9. The van der Waals surface area contributed by atoms with Crippen LogP contribution in [-0.4, -0.2) is 11.9 Å². The summed E-state index contributed by atoms with van der Waals surface area (Å²) in [6.45, 7) is 4.56. The molecule has 1 aliphatic rings. The first-order valence-corrected chi connectivity index (χ1v) is 18.1. The number of cyclic esters (lactones) is 2. The van der Waals surface area contributed by atoms with Gasteiger partial charge in [-0.1, -0.05) is 168 Å². The first-order chi connectivity index (χ1) is 20.2. The van der Waals surface area contributed by atoms with Gasteiger partial charge in [-0.2, -0.15) is 0 Å². The minimum atomic E-state index is -0.468. The van der Waals surface area contributed by atoms with Crippen molar-refractivity contribution in [2.75, 3.05) is 0 Å². The summed E-state index contributed by atoms with van der Waals surface area (Å²) in [7, 11) is 0. The number of carbonyl (C=O) groups excluding carboxylic acids is 2. The van der Waals surface area contributed by atoms with E-state index in [1.54, 1.807) is 0 Å². The van der Waals surface area contributed by atoms with Gasteiger partial charge < -0.3 is 4.74 Å². The highest BCUT2D eigenvalue weighted by Crippen LogP contribution is 2.27. The first-order valence-electron chi connectivity index (χ1n) is 18.1. The summed E-state index contributed by atoms with van der Waals surface area (Å²) in [5, 5.41) is 0. The third-order valence-corrected chi connectivity index (χ3v) is 9.06. The number of benzene rings is 1. The molecule has 0 fully saturated rings. The molecule has 0 saturated carbocycles. The molecule has 1 heterocycles. The zero-order valence-corrected chi connectivity index (χ0v) is 27.2. The second-order valence-corrected chi connectivity index (χ2v) is 12.8. The summed E-state index contributed by atoms with van der Waals surface area (Å²) in [5.74, 6) is -0.937. The quantitative estimate of drug-likeness (QED) is 0.0573. The highest BCUT2D eigenvalue weighted by atomic mass is 16.6. The predicted molar refractivity (Wildman–Crippen MR) is 175 cm³/mol. The van der Waals surface area contributed by atoms with Crippen LogP contribution >= 0.6 is 0 Å². The Morgan fingerprint density at radius 3 is 0.902 bits per heavy atom. The number of ether oxygens (including phenoxy) is 1. The zero-order chi connectivity index (χ0) is 29.4. The van der Waals surface area contributed by atoms with Gasteiger partial charge in [0.2, 0.25) is 0 Å². The molecule has 0 radical (unpaired) electrons. The molecule has 0 amide bonds. The van der Waals surface area contributed by atoms with Crippen LogP contribution in [-0.2, 0) is 17.6 Å². The molecule has 0 bridgehead atoms. The molecule has 0 aliphatic carbocycles. The minimum absolute atomic E-state index is 0.468. The van der Waals surface area contributed by atoms with E-state index in [2.05, 4.69) is 13.8 Å². The van der Waals surface area contributed by atoms with Crippen molar-refractivity contribution in [3.05, 3.63) is 34.4 Å². The van der Waals surface area contributed by atoms with Gasteiger partial charge in [-0.15, -0.1) is 0 Å². The van der Waals surface area contributed by atoms with Gasteiger partial charge in [-0.3, -0.25) is 0 Å². The Labute approximate surface area is 254 Å². The third kappa shape index (κ3) is 16.0. The number of hydrogen-bond acceptors (Lipinski definition) is 3. The normalized spacial score (nSPS) is 12.7. The lowest BCUT2D eigenvalue weighted by molar-refractivity contribution is 0.0443. The van der Waals surface area contributed by atoms with Crippen molar-refractivity contribution in [1.82, 2.24) is 0 Å². The van der Waals surface area contributed by atoms with E-state index in [0.29, 0.717) is 11.1 Å². The molecule has 1 aromatic rings. The van der Waals surface area contributed by atoms with E-state index >= 15 is 0 Å². The van der Waals surface area contributed by atoms with Crippen LogP contribution in [0.5, 0.6) is 0 Å². The molecule has 0 atom stereocenters. The SMILES string of the molecule is CCCCCCCCCCCCCCCc1cc2c(cc1CCCCCCCCCCCCCCC)C(=O)OC2=O. The smallest absolute Gasteiger partial charge is 0.346 e. The summed E-state index contributed by atoms with van der Waals surface area (Å²) < 4.78 is 4.91. The topological polar surface area (TPSA) is 43.4 Å². The molecular formula is C38H64O3. The predicted octanol–water partition coefficient (Wildman–Crippen LogP) is 12.3. The maximum Gasteiger partial charge on any atom is 0.346 e. The standard InChI is InChI=1S/C38H64O3/c1-3-5-7-9-11-13-15-17-19-21-23-25-27-29-33-31-35-36(38(40)41-37(35)39)32-34(33)30-28-26-24-22-20-18-16-14-12-10-8-6-4-2/h31-32H,3-30H2,1-2H3. The molecule has 0 aromatic heterocycles. The molecule has 0 saturated heterocycles. The molecule has 1 aliphatic heterocycles. The van der Waals surface area contributed by atoms with Crippen LogP contribution in [0.2, 0.25) is 0 Å². The zero-order valence-electron chi connectivity index (χ0n) is 27.2. The van der Waals surface area contributed by atoms with Crippen LogP contribution in [0, 0.1) is 0 Å². The number of esters is 2. The Morgan fingerprint density at radius 1 is 0.390 bits per heavy atom. The van der Waals surface area contributed by atoms with Crippen molar-refractivity contribution < 1.29 is 14.3 Å². The van der Waals surface area contributed by atoms with Gasteiger partial charge in [0.15, 0.2) is 0 Å². The second-order valence-electron chi connectivity index (χ2n) is 12.8. The van der Waals surface area contributed by atoms with Gasteiger partial charge in [0.1, 0.15) is 0 Å². The van der Waals surface area contributed by atoms with Crippen LogP contribution in [0.3, 0.4) is 0 Å². The van der Waals surface area contributed by atoms with Crippen LogP contribution in [0.25, 0.3) is 0 Å². The maximum atomic E-state index is 12.2. The first kappa shape index (κ1) is 35.6. The van der Waals surface area contributed by atoms with E-state index in [9.17, 15) is 9.59 Å². The van der Waals surface area contributed by atoms with Gasteiger partial charge in [-0.05, 0) is 48.9 Å². The number of hydrogen-bond donors (Lipinski definition) is 0. The van der Waals surface area contributed by atoms with E-state index in [1.807, 2.05) is 12.1 Å². The maximum absolute atomic E-state index is 12.2. The Kier molecular flexibility index (Phi) is 20.7. The van der Waals surface area contributed by atoms with Crippen molar-refractivity contribution in [3.63, 3.8) is 0 Å². The van der Waals surface area contributed by atoms with E-state index in [-0.39, 0.29) is 0 Å². The minimum Gasteiger partial charge on any atom is -0.386 e. The molecule has 0 spiro atoms. The summed E-state index contributed by atoms with van der Waals surface area (Å²) in [4.78, 5) is 24.3. The van der Waals surface area contributed by atoms with Crippen molar-refractivity contribution >= 4 is 11.9 Å². The molecular weight excluding hydrogens is 504 g/mol. The average Bonchev–Trinajstić information content (AvgIpc) is 3.25. The highest BCUT2D eigenvalue weighted by molar-refractivity contribution is 6.14. The Hall–Kier alpha value is -1.64. The molecule has 0 N–H and O–H groups in total. The Morgan fingerprint density at radius 2 is 0.634 bits per heavy atom. The fraction of sp³-hybridized carbons (Fsp3) is 0.789.